The molecule has 3 aromatic rings. The minimum atomic E-state index is -1.04. The van der Waals surface area contributed by atoms with E-state index in [4.69, 9.17) is 5.11 Å². The number of benzene rings is 1. The molecule has 0 atom stereocenters. The molecule has 0 aliphatic rings. The van der Waals surface area contributed by atoms with Crippen molar-refractivity contribution in [3.8, 4) is 16.9 Å². The Morgan fingerprint density at radius 2 is 2.21 bits per heavy atom. The summed E-state index contributed by atoms with van der Waals surface area (Å²) in [6.45, 7) is 0. The van der Waals surface area contributed by atoms with Crippen LogP contribution in [0.1, 0.15) is 10.5 Å². The van der Waals surface area contributed by atoms with Gasteiger partial charge in [0.2, 0.25) is 0 Å². The van der Waals surface area contributed by atoms with Gasteiger partial charge in [0.25, 0.3) is 0 Å². The van der Waals surface area contributed by atoms with Gasteiger partial charge in [0.05, 0.1) is 23.8 Å². The summed E-state index contributed by atoms with van der Waals surface area (Å²) in [5, 5.41) is 22.9. The van der Waals surface area contributed by atoms with Crippen molar-refractivity contribution >= 4 is 5.97 Å². The quantitative estimate of drug-likeness (QED) is 0.736. The molecule has 0 bridgehead atoms. The van der Waals surface area contributed by atoms with Gasteiger partial charge in [0.1, 0.15) is 5.69 Å². The Morgan fingerprint density at radius 3 is 2.89 bits per heavy atom. The zero-order valence-electron chi connectivity index (χ0n) is 9.69. The molecule has 2 aromatic heterocycles. The number of nitrogens with one attached hydrogen (secondary N) is 1. The average Bonchev–Trinajstić information content (AvgIpc) is 3.10. The van der Waals surface area contributed by atoms with E-state index in [1.165, 1.54) is 6.07 Å². The largest absolute Gasteiger partial charge is 0.477 e. The number of carboxylic acids is 1. The lowest BCUT2D eigenvalue weighted by atomic mass is 10.1. The van der Waals surface area contributed by atoms with Gasteiger partial charge < -0.3 is 5.11 Å². The lowest BCUT2D eigenvalue weighted by Gasteiger charge is -2.02. The molecule has 3 rings (SSSR count). The molecular formula is C12H9N5O2. The van der Waals surface area contributed by atoms with Crippen LogP contribution in [0.3, 0.4) is 0 Å². The van der Waals surface area contributed by atoms with Crippen molar-refractivity contribution in [1.82, 2.24) is 25.2 Å². The zero-order chi connectivity index (χ0) is 13.2. The third-order valence-corrected chi connectivity index (χ3v) is 2.64. The molecule has 0 aliphatic heterocycles. The molecule has 1 aromatic carbocycles. The van der Waals surface area contributed by atoms with Crippen LogP contribution < -0.4 is 0 Å². The highest BCUT2D eigenvalue weighted by atomic mass is 16.4. The molecule has 0 radical (unpaired) electrons. The fourth-order valence-electron chi connectivity index (χ4n) is 1.73. The number of nitrogens with zero attached hydrogens (tertiary/aromatic N) is 4. The van der Waals surface area contributed by atoms with Crippen LogP contribution in [0, 0.1) is 0 Å². The molecule has 0 unspecified atom stereocenters. The smallest absolute Gasteiger partial charge is 0.353 e. The monoisotopic (exact) mass is 255 g/mol. The zero-order valence-corrected chi connectivity index (χ0v) is 9.69. The molecule has 0 amide bonds. The van der Waals surface area contributed by atoms with Crippen LogP contribution in [0.25, 0.3) is 16.9 Å². The van der Waals surface area contributed by atoms with E-state index < -0.39 is 5.97 Å². The Kier molecular flexibility index (Phi) is 2.57. The first-order valence-corrected chi connectivity index (χ1v) is 5.50. The summed E-state index contributed by atoms with van der Waals surface area (Å²) in [5.74, 6) is -1.04. The van der Waals surface area contributed by atoms with Gasteiger partial charge in [-0.15, -0.1) is 5.10 Å². The summed E-state index contributed by atoms with van der Waals surface area (Å²) in [7, 11) is 0. The molecule has 0 spiro atoms. The van der Waals surface area contributed by atoms with Crippen molar-refractivity contribution in [1.29, 1.82) is 0 Å². The summed E-state index contributed by atoms with van der Waals surface area (Å²) in [6, 6.07) is 8.92. The second-order valence-electron chi connectivity index (χ2n) is 3.87. The number of rotatable bonds is 3. The highest BCUT2D eigenvalue weighted by molar-refractivity contribution is 5.86. The van der Waals surface area contributed by atoms with Gasteiger partial charge in [-0.25, -0.2) is 9.48 Å². The number of H-pyrrole nitrogens is 1. The predicted octanol–water partition coefficient (Wildman–Crippen LogP) is 1.36. The lowest BCUT2D eigenvalue weighted by molar-refractivity contribution is 0.0690. The van der Waals surface area contributed by atoms with Crippen LogP contribution in [-0.2, 0) is 0 Å². The normalized spacial score (nSPS) is 10.5. The first kappa shape index (κ1) is 11.1. The first-order chi connectivity index (χ1) is 9.24. The van der Waals surface area contributed by atoms with Crippen molar-refractivity contribution in [3.05, 3.63) is 48.4 Å². The van der Waals surface area contributed by atoms with Crippen molar-refractivity contribution in [2.45, 2.75) is 0 Å². The number of hydrogen-bond acceptors (Lipinski definition) is 4. The van der Waals surface area contributed by atoms with Gasteiger partial charge in [-0.3, -0.25) is 5.10 Å². The Bertz CT molecular complexity index is 717. The second kappa shape index (κ2) is 4.37. The molecule has 2 N–H and O–H groups in total. The van der Waals surface area contributed by atoms with Gasteiger partial charge in [-0.05, 0) is 18.2 Å². The van der Waals surface area contributed by atoms with Crippen molar-refractivity contribution in [3.63, 3.8) is 0 Å². The van der Waals surface area contributed by atoms with Crippen LogP contribution in [0.5, 0.6) is 0 Å². The lowest BCUT2D eigenvalue weighted by Crippen LogP contribution is -1.95. The predicted molar refractivity (Wildman–Crippen MR) is 65.9 cm³/mol. The third kappa shape index (κ3) is 2.08. The molecule has 19 heavy (non-hydrogen) atoms. The Labute approximate surface area is 107 Å². The number of aromatic carboxylic acids is 1. The average molecular weight is 255 g/mol. The molecule has 7 heteroatoms. The minimum Gasteiger partial charge on any atom is -0.477 e. The van der Waals surface area contributed by atoms with Crippen LogP contribution in [0.2, 0.25) is 0 Å². The molecule has 94 valence electrons. The van der Waals surface area contributed by atoms with Gasteiger partial charge in [0, 0.05) is 5.56 Å². The molecule has 0 saturated heterocycles. The van der Waals surface area contributed by atoms with E-state index >= 15 is 0 Å². The molecule has 7 nitrogen and oxygen atoms in total. The number of carboxylic acid groups (broad SMARTS) is 1. The molecule has 0 fully saturated rings. The van der Waals surface area contributed by atoms with E-state index in [1.54, 1.807) is 17.1 Å². The highest BCUT2D eigenvalue weighted by Crippen LogP contribution is 2.20. The second-order valence-corrected chi connectivity index (χ2v) is 3.87. The fraction of sp³-hybridized carbons (Fsp3) is 0. The van der Waals surface area contributed by atoms with Crippen LogP contribution >= 0.6 is 0 Å². The number of aromatic nitrogens is 5. The van der Waals surface area contributed by atoms with Crippen molar-refractivity contribution in [2.75, 3.05) is 0 Å². The molecular weight excluding hydrogens is 246 g/mol. The molecule has 2 heterocycles. The van der Waals surface area contributed by atoms with Gasteiger partial charge in [-0.2, -0.15) is 5.10 Å². The Balaban J connectivity index is 2.01. The maximum atomic E-state index is 10.8. The number of aromatic amines is 1. The summed E-state index contributed by atoms with van der Waals surface area (Å²) >= 11 is 0. The number of carbonyl (C=O) groups is 1. The standard InChI is InChI=1S/C12H9N5O2/c18-12(19)11-7-10(14-15-11)8-2-1-3-9(6-8)17-5-4-13-16-17/h1-7H,(H,14,15)(H,18,19). The maximum Gasteiger partial charge on any atom is 0.353 e. The summed E-state index contributed by atoms with van der Waals surface area (Å²) in [5.41, 5.74) is 2.26. The maximum absolute atomic E-state index is 10.8. The van der Waals surface area contributed by atoms with E-state index in [0.29, 0.717) is 5.69 Å². The molecule has 0 saturated carbocycles. The van der Waals surface area contributed by atoms with Crippen molar-refractivity contribution in [2.24, 2.45) is 0 Å². The van der Waals surface area contributed by atoms with Gasteiger partial charge in [-0.1, -0.05) is 17.3 Å². The summed E-state index contributed by atoms with van der Waals surface area (Å²) < 4.78 is 1.62. The van der Waals surface area contributed by atoms with Gasteiger partial charge in [0.15, 0.2) is 0 Å². The van der Waals surface area contributed by atoms with E-state index in [-0.39, 0.29) is 5.69 Å². The summed E-state index contributed by atoms with van der Waals surface area (Å²) in [4.78, 5) is 10.8. The van der Waals surface area contributed by atoms with E-state index in [0.717, 1.165) is 11.3 Å². The Hall–Kier alpha value is -2.96. The topological polar surface area (TPSA) is 96.7 Å². The highest BCUT2D eigenvalue weighted by Gasteiger charge is 2.09. The van der Waals surface area contributed by atoms with Crippen molar-refractivity contribution < 1.29 is 9.90 Å². The van der Waals surface area contributed by atoms with Crippen LogP contribution in [0.15, 0.2) is 42.7 Å². The fourth-order valence-corrected chi connectivity index (χ4v) is 1.73. The van der Waals surface area contributed by atoms with Crippen LogP contribution in [-0.4, -0.2) is 36.3 Å². The SMILES string of the molecule is O=C(O)c1cc(-c2cccc(-n3ccnn3)c2)n[nH]1. The minimum absolute atomic E-state index is 0.0566. The molecule has 0 aliphatic carbocycles. The van der Waals surface area contributed by atoms with Gasteiger partial charge >= 0.3 is 5.97 Å². The first-order valence-electron chi connectivity index (χ1n) is 5.50. The van der Waals surface area contributed by atoms with E-state index in [1.807, 2.05) is 24.3 Å². The Morgan fingerprint density at radius 1 is 1.32 bits per heavy atom. The number of hydrogen-bond donors (Lipinski definition) is 2. The summed E-state index contributed by atoms with van der Waals surface area (Å²) in [6.07, 6.45) is 3.32. The van der Waals surface area contributed by atoms with E-state index in [2.05, 4.69) is 20.5 Å². The van der Waals surface area contributed by atoms with Crippen LogP contribution in [0.4, 0.5) is 0 Å². The van der Waals surface area contributed by atoms with E-state index in [9.17, 15) is 4.79 Å². The third-order valence-electron chi connectivity index (χ3n) is 2.64.